The number of azo groups is 3. The lowest BCUT2D eigenvalue weighted by atomic mass is 10.1. The Morgan fingerprint density at radius 1 is 0.592 bits per heavy atom. The highest BCUT2D eigenvalue weighted by atomic mass is 32.2. The fourth-order valence-electron chi connectivity index (χ4n) is 7.35. The summed E-state index contributed by atoms with van der Waals surface area (Å²) in [4.78, 5) is 1.24. The monoisotopic (exact) mass is 1010 g/mol. The van der Waals surface area contributed by atoms with Crippen LogP contribution in [0, 0.1) is 20.8 Å². The van der Waals surface area contributed by atoms with Gasteiger partial charge in [0.2, 0.25) is 0 Å². The molecule has 0 fully saturated rings. The molecule has 358 valence electrons. The molecule has 21 nitrogen and oxygen atoms in total. The van der Waals surface area contributed by atoms with Gasteiger partial charge >= 0.3 is 0 Å². The molecule has 0 atom stereocenters. The number of para-hydroxylation sites is 1. The van der Waals surface area contributed by atoms with Crippen LogP contribution in [0.5, 0.6) is 11.5 Å². The molecule has 0 unspecified atom stereocenters. The maximum Gasteiger partial charge on any atom is 0.294 e. The van der Waals surface area contributed by atoms with Crippen LogP contribution in [0.2, 0.25) is 0 Å². The lowest BCUT2D eigenvalue weighted by Gasteiger charge is -2.12. The SMILES string of the molecule is Cc1cc(N=Nc2cc(C)c(N=Nc3c(SOOO)cc4cc(Nc5ccccc5)ccc4c3O)cc2C)ccc1N=Nc1ccc(-n2nc3ccc4c(SOOO)cc(S(=O)(=O)O)cc4c3n2)c(O)c1. The number of aryl methyl sites for hydroxylation is 3. The average Bonchev–Trinajstić information content (AvgIpc) is 3.79. The van der Waals surface area contributed by atoms with Crippen LogP contribution >= 0.6 is 24.1 Å². The maximum atomic E-state index is 12.1. The number of phenolic OH excluding ortho intramolecular Hbond substituents is 2. The van der Waals surface area contributed by atoms with Gasteiger partial charge in [-0.2, -0.15) is 34.0 Å². The quantitative estimate of drug-likeness (QED) is 0.0172. The topological polar surface area (TPSA) is 289 Å². The molecule has 0 radical (unpaired) electrons. The van der Waals surface area contributed by atoms with Gasteiger partial charge in [0.25, 0.3) is 10.1 Å². The first-order chi connectivity index (χ1) is 34.3. The summed E-state index contributed by atoms with van der Waals surface area (Å²) >= 11 is 1.17. The Morgan fingerprint density at radius 2 is 1.24 bits per heavy atom. The Bertz CT molecular complexity index is 3730. The Morgan fingerprint density at radius 3 is 1.93 bits per heavy atom. The van der Waals surface area contributed by atoms with E-state index in [4.69, 9.17) is 14.8 Å². The van der Waals surface area contributed by atoms with Crippen molar-refractivity contribution >= 4 is 112 Å². The normalized spacial score (nSPS) is 12.2. The Balaban J connectivity index is 0.894. The summed E-state index contributed by atoms with van der Waals surface area (Å²) in [6.45, 7) is 5.55. The lowest BCUT2D eigenvalue weighted by Crippen LogP contribution is -1.99. The molecular weight excluding hydrogens is 977 g/mol. The van der Waals surface area contributed by atoms with Crippen molar-refractivity contribution in [3.63, 3.8) is 0 Å². The molecular formula is C47H36N10O11S3. The van der Waals surface area contributed by atoms with Crippen LogP contribution in [-0.2, 0) is 28.9 Å². The summed E-state index contributed by atoms with van der Waals surface area (Å²) in [5, 5.41) is 88.1. The van der Waals surface area contributed by atoms with Gasteiger partial charge in [-0.15, -0.1) is 28.8 Å². The number of aromatic nitrogens is 3. The Hall–Kier alpha value is -7.75. The van der Waals surface area contributed by atoms with Crippen LogP contribution in [0.25, 0.3) is 38.3 Å². The van der Waals surface area contributed by atoms with E-state index in [9.17, 15) is 23.2 Å². The molecule has 71 heavy (non-hydrogen) atoms. The number of anilines is 2. The second-order valence-electron chi connectivity index (χ2n) is 15.5. The Kier molecular flexibility index (Phi) is 14.1. The van der Waals surface area contributed by atoms with Gasteiger partial charge in [-0.3, -0.25) is 4.55 Å². The molecule has 24 heteroatoms. The third-order valence-electron chi connectivity index (χ3n) is 10.8. The van der Waals surface area contributed by atoms with Crippen molar-refractivity contribution in [1.29, 1.82) is 0 Å². The third kappa shape index (κ3) is 10.7. The van der Waals surface area contributed by atoms with E-state index >= 15 is 0 Å². The van der Waals surface area contributed by atoms with Crippen LogP contribution in [0.15, 0.2) is 173 Å². The molecule has 0 amide bonds. The highest BCUT2D eigenvalue weighted by molar-refractivity contribution is 7.95. The number of aromatic hydroxyl groups is 2. The van der Waals surface area contributed by atoms with Crippen molar-refractivity contribution in [1.82, 2.24) is 15.0 Å². The van der Waals surface area contributed by atoms with Crippen LogP contribution in [0.3, 0.4) is 0 Å². The van der Waals surface area contributed by atoms with E-state index in [1.165, 1.54) is 23.0 Å². The molecule has 0 bridgehead atoms. The number of nitrogens with zero attached hydrogens (tertiary/aromatic N) is 9. The molecule has 9 rings (SSSR count). The number of rotatable bonds is 16. The van der Waals surface area contributed by atoms with E-state index in [0.717, 1.165) is 34.1 Å². The van der Waals surface area contributed by atoms with E-state index in [1.807, 2.05) is 69.3 Å². The molecule has 1 aromatic heterocycles. The van der Waals surface area contributed by atoms with Crippen LogP contribution in [0.1, 0.15) is 16.7 Å². The number of fused-ring (bicyclic) bond motifs is 4. The average molecular weight is 1010 g/mol. The maximum absolute atomic E-state index is 12.1. The van der Waals surface area contributed by atoms with Crippen molar-refractivity contribution in [2.75, 3.05) is 5.32 Å². The standard InChI is InChI=1S/C47H36N10O11S3/c1-25-17-31(10-14-37(25)51-50-32-11-16-41(42(58)22-32)57-55-38-15-13-35-36(45(38)56-57)23-33(71(62,63)64)24-43(35)69-67-65-60)49-52-39-18-27(3)40(19-26(39)2)53-54-46-44(70-68-66-61)21-28-20-30(9-12-34(28)47(46)59)48-29-7-5-4-6-8-29/h4-24,48,58-61H,1-3H3,(H,62,63,64). The van der Waals surface area contributed by atoms with Gasteiger partial charge in [0.05, 0.1) is 62.3 Å². The molecule has 6 N–H and O–H groups in total. The van der Waals surface area contributed by atoms with Gasteiger partial charge in [-0.05, 0) is 140 Å². The van der Waals surface area contributed by atoms with Gasteiger partial charge in [0.1, 0.15) is 28.2 Å². The summed E-state index contributed by atoms with van der Waals surface area (Å²) in [6.07, 6.45) is 0. The number of hydrogen-bond donors (Lipinski definition) is 6. The summed E-state index contributed by atoms with van der Waals surface area (Å²) in [5.74, 6) is -0.372. The first-order valence-corrected chi connectivity index (χ1v) is 23.7. The van der Waals surface area contributed by atoms with E-state index in [-0.39, 0.29) is 38.7 Å². The minimum absolute atomic E-state index is 0.105. The fraction of sp³-hybridized carbons (Fsp3) is 0.0638. The molecule has 0 aliphatic carbocycles. The lowest BCUT2D eigenvalue weighted by molar-refractivity contribution is -0.432. The number of phenols is 2. The predicted octanol–water partition coefficient (Wildman–Crippen LogP) is 14.2. The number of hydrogen-bond acceptors (Lipinski definition) is 21. The van der Waals surface area contributed by atoms with Gasteiger partial charge in [-0.25, -0.2) is 10.5 Å². The second-order valence-corrected chi connectivity index (χ2v) is 18.4. The van der Waals surface area contributed by atoms with Gasteiger partial charge in [0.15, 0.2) is 5.75 Å². The van der Waals surface area contributed by atoms with E-state index in [2.05, 4.69) is 60.6 Å². The summed E-state index contributed by atoms with van der Waals surface area (Å²) in [5.41, 5.74) is 7.32. The zero-order chi connectivity index (χ0) is 49.8. The molecule has 8 aromatic carbocycles. The van der Waals surface area contributed by atoms with E-state index in [0.29, 0.717) is 79.1 Å². The van der Waals surface area contributed by atoms with Crippen LogP contribution in [-0.4, -0.2) is 48.7 Å². The third-order valence-corrected chi connectivity index (χ3v) is 12.9. The number of benzene rings is 8. The van der Waals surface area contributed by atoms with Crippen molar-refractivity contribution in [2.45, 2.75) is 35.5 Å². The first kappa shape index (κ1) is 48.3. The highest BCUT2D eigenvalue weighted by Gasteiger charge is 2.20. The van der Waals surface area contributed by atoms with Crippen molar-refractivity contribution in [2.24, 2.45) is 30.7 Å². The van der Waals surface area contributed by atoms with Crippen LogP contribution in [0.4, 0.5) is 45.5 Å². The summed E-state index contributed by atoms with van der Waals surface area (Å²) in [6, 6.07) is 35.9. The molecule has 0 saturated heterocycles. The minimum Gasteiger partial charge on any atom is -0.506 e. The van der Waals surface area contributed by atoms with Gasteiger partial charge in [-0.1, -0.05) is 34.3 Å². The smallest absolute Gasteiger partial charge is 0.294 e. The fourth-order valence-corrected chi connectivity index (χ4v) is 9.00. The Labute approximate surface area is 410 Å². The summed E-state index contributed by atoms with van der Waals surface area (Å²) in [7, 11) is -4.65. The predicted molar refractivity (Wildman–Crippen MR) is 264 cm³/mol. The van der Waals surface area contributed by atoms with Gasteiger partial charge < -0.3 is 15.5 Å². The number of nitrogens with one attached hydrogen (secondary N) is 1. The van der Waals surface area contributed by atoms with Crippen molar-refractivity contribution < 1.29 is 52.4 Å². The van der Waals surface area contributed by atoms with Crippen molar-refractivity contribution in [3.05, 3.63) is 144 Å². The van der Waals surface area contributed by atoms with E-state index < -0.39 is 15.0 Å². The second kappa shape index (κ2) is 20.7. The van der Waals surface area contributed by atoms with Crippen LogP contribution < -0.4 is 5.32 Å². The first-order valence-electron chi connectivity index (χ1n) is 20.8. The van der Waals surface area contributed by atoms with Gasteiger partial charge in [0, 0.05) is 38.5 Å². The zero-order valence-electron chi connectivity index (χ0n) is 37.1. The van der Waals surface area contributed by atoms with E-state index in [1.54, 1.807) is 54.6 Å². The molecule has 1 heterocycles. The molecule has 0 spiro atoms. The molecule has 0 aliphatic heterocycles. The molecule has 0 aliphatic rings. The molecule has 0 saturated carbocycles. The molecule has 9 aromatic rings. The van der Waals surface area contributed by atoms with Crippen molar-refractivity contribution in [3.8, 4) is 17.2 Å². The zero-order valence-corrected chi connectivity index (χ0v) is 39.5. The summed E-state index contributed by atoms with van der Waals surface area (Å²) < 4.78 is 43.1. The largest absolute Gasteiger partial charge is 0.506 e. The highest BCUT2D eigenvalue weighted by Crippen LogP contribution is 2.45. The minimum atomic E-state index is -4.65.